The number of amides is 2. The van der Waals surface area contributed by atoms with Crippen LogP contribution < -0.4 is 10.1 Å². The number of nitrogens with one attached hydrogen (secondary N) is 1. The van der Waals surface area contributed by atoms with Crippen LogP contribution in [0.25, 0.3) is 0 Å². The van der Waals surface area contributed by atoms with E-state index in [0.29, 0.717) is 27.8 Å². The molecule has 1 N–H and O–H groups in total. The highest BCUT2D eigenvalue weighted by Gasteiger charge is 2.32. The molecule has 3 rings (SSSR count). The second-order valence-electron chi connectivity index (χ2n) is 9.44. The summed E-state index contributed by atoms with van der Waals surface area (Å²) in [5, 5.41) is 3.96. The molecule has 0 aliphatic carbocycles. The van der Waals surface area contributed by atoms with Gasteiger partial charge in [-0.15, -0.1) is 0 Å². The molecule has 1 unspecified atom stereocenters. The number of hydrogen-bond donors (Lipinski definition) is 1. The van der Waals surface area contributed by atoms with Crippen molar-refractivity contribution in [2.24, 2.45) is 0 Å². The number of ether oxygens (including phenoxy) is 1. The van der Waals surface area contributed by atoms with E-state index < -0.39 is 11.6 Å². The Morgan fingerprint density at radius 2 is 1.67 bits per heavy atom. The molecule has 0 spiro atoms. The number of nitrogens with zero attached hydrogens (tertiary/aromatic N) is 1. The molecule has 0 aliphatic rings. The number of halogens is 3. The second kappa shape index (κ2) is 12.8. The minimum Gasteiger partial charge on any atom is -0.484 e. The first-order valence-electron chi connectivity index (χ1n) is 11.5. The molecule has 8 heteroatoms. The van der Waals surface area contributed by atoms with Gasteiger partial charge in [-0.1, -0.05) is 59.6 Å². The molecule has 5 nitrogen and oxygen atoms in total. The molecule has 0 aromatic heterocycles. The first-order valence-corrected chi connectivity index (χ1v) is 13.3. The van der Waals surface area contributed by atoms with E-state index in [2.05, 4.69) is 27.9 Å². The summed E-state index contributed by atoms with van der Waals surface area (Å²) in [6.07, 6.45) is 0.337. The Labute approximate surface area is 236 Å². The number of carbonyl (C=O) groups excluding carboxylic acids is 2. The predicted molar refractivity (Wildman–Crippen MR) is 153 cm³/mol. The van der Waals surface area contributed by atoms with E-state index in [4.69, 9.17) is 27.9 Å². The maximum Gasteiger partial charge on any atom is 0.261 e. The monoisotopic (exact) mass is 638 g/mol. The van der Waals surface area contributed by atoms with Gasteiger partial charge >= 0.3 is 0 Å². The third kappa shape index (κ3) is 8.68. The molecule has 0 radical (unpaired) electrons. The first kappa shape index (κ1) is 28.3. The van der Waals surface area contributed by atoms with E-state index in [1.165, 1.54) is 4.90 Å². The molecule has 1 atom stereocenters. The van der Waals surface area contributed by atoms with Gasteiger partial charge in [-0.25, -0.2) is 0 Å². The lowest BCUT2D eigenvalue weighted by molar-refractivity contribution is -0.143. The van der Waals surface area contributed by atoms with Crippen LogP contribution in [0.3, 0.4) is 0 Å². The molecule has 0 aliphatic heterocycles. The minimum atomic E-state index is -0.786. The van der Waals surface area contributed by atoms with Gasteiger partial charge in [0.15, 0.2) is 6.61 Å². The number of carbonyl (C=O) groups is 2. The normalized spacial score (nSPS) is 12.1. The zero-order chi connectivity index (χ0) is 26.3. The molecule has 3 aromatic rings. The summed E-state index contributed by atoms with van der Waals surface area (Å²) in [5.41, 5.74) is 1.14. The van der Waals surface area contributed by atoms with E-state index >= 15 is 0 Å². The maximum absolute atomic E-state index is 13.6. The van der Waals surface area contributed by atoms with Crippen molar-refractivity contribution in [1.29, 1.82) is 0 Å². The van der Waals surface area contributed by atoms with E-state index in [1.54, 1.807) is 18.2 Å². The summed E-state index contributed by atoms with van der Waals surface area (Å²) in [4.78, 5) is 28.7. The molecule has 0 saturated heterocycles. The SMILES string of the molecule is CC(C)(C)NC(=O)C(Cc1ccccc1)N(Cc1ccc(Cl)cc1Cl)C(=O)COc1ccc(I)cc1. The van der Waals surface area contributed by atoms with E-state index in [0.717, 1.165) is 9.13 Å². The lowest BCUT2D eigenvalue weighted by Crippen LogP contribution is -2.55. The highest BCUT2D eigenvalue weighted by molar-refractivity contribution is 14.1. The Bertz CT molecular complexity index is 1180. The van der Waals surface area contributed by atoms with Crippen LogP contribution in [0.5, 0.6) is 5.75 Å². The second-order valence-corrected chi connectivity index (χ2v) is 11.5. The lowest BCUT2D eigenvalue weighted by Gasteiger charge is -2.34. The molecular formula is C28H29Cl2IN2O3. The van der Waals surface area contributed by atoms with Crippen molar-refractivity contribution >= 4 is 57.6 Å². The summed E-state index contributed by atoms with van der Waals surface area (Å²) in [5.74, 6) is -0.00407. The average Bonchev–Trinajstić information content (AvgIpc) is 2.81. The smallest absolute Gasteiger partial charge is 0.261 e. The Morgan fingerprint density at radius 3 is 2.28 bits per heavy atom. The van der Waals surface area contributed by atoms with Gasteiger partial charge in [-0.3, -0.25) is 9.59 Å². The molecule has 2 amide bonds. The number of hydrogen-bond acceptors (Lipinski definition) is 3. The van der Waals surface area contributed by atoms with E-state index in [1.807, 2.05) is 75.4 Å². The van der Waals surface area contributed by atoms with Crippen molar-refractivity contribution in [3.63, 3.8) is 0 Å². The summed E-state index contributed by atoms with van der Waals surface area (Å²) < 4.78 is 6.85. The zero-order valence-corrected chi connectivity index (χ0v) is 24.1. The number of rotatable bonds is 9. The summed E-state index contributed by atoms with van der Waals surface area (Å²) in [6, 6.07) is 21.4. The molecular weight excluding hydrogens is 610 g/mol. The van der Waals surface area contributed by atoms with Crippen LogP contribution in [-0.4, -0.2) is 34.9 Å². The molecule has 0 saturated carbocycles. The minimum absolute atomic E-state index is 0.125. The van der Waals surface area contributed by atoms with Gasteiger partial charge in [0.25, 0.3) is 5.91 Å². The third-order valence-corrected chi connectivity index (χ3v) is 6.61. The Kier molecular flexibility index (Phi) is 10.0. The predicted octanol–water partition coefficient (Wildman–Crippen LogP) is 6.53. The zero-order valence-electron chi connectivity index (χ0n) is 20.4. The van der Waals surface area contributed by atoms with Gasteiger partial charge in [0.05, 0.1) is 0 Å². The summed E-state index contributed by atoms with van der Waals surface area (Å²) in [6.45, 7) is 5.63. The summed E-state index contributed by atoms with van der Waals surface area (Å²) in [7, 11) is 0. The van der Waals surface area contributed by atoms with Crippen LogP contribution >= 0.6 is 45.8 Å². The van der Waals surface area contributed by atoms with Crippen LogP contribution in [0.1, 0.15) is 31.9 Å². The van der Waals surface area contributed by atoms with Gasteiger partial charge in [-0.05, 0) is 90.9 Å². The van der Waals surface area contributed by atoms with Gasteiger partial charge in [0.2, 0.25) is 5.91 Å². The van der Waals surface area contributed by atoms with E-state index in [9.17, 15) is 9.59 Å². The lowest BCUT2D eigenvalue weighted by atomic mass is 10.0. The van der Waals surface area contributed by atoms with Crippen molar-refractivity contribution in [1.82, 2.24) is 10.2 Å². The third-order valence-electron chi connectivity index (χ3n) is 5.30. The van der Waals surface area contributed by atoms with Crippen LogP contribution in [0.15, 0.2) is 72.8 Å². The molecule has 0 bridgehead atoms. The van der Waals surface area contributed by atoms with Crippen molar-refractivity contribution in [3.8, 4) is 5.75 Å². The fourth-order valence-electron chi connectivity index (χ4n) is 3.60. The fraction of sp³-hybridized carbons (Fsp3) is 0.286. The Hall–Kier alpha value is -2.29. The molecule has 190 valence electrons. The first-order chi connectivity index (χ1) is 17.0. The van der Waals surface area contributed by atoms with Crippen LogP contribution in [0, 0.1) is 3.57 Å². The molecule has 36 heavy (non-hydrogen) atoms. The molecule has 0 fully saturated rings. The van der Waals surface area contributed by atoms with Gasteiger partial charge in [0, 0.05) is 32.1 Å². The van der Waals surface area contributed by atoms with Crippen LogP contribution in [0.2, 0.25) is 10.0 Å². The van der Waals surface area contributed by atoms with Crippen molar-refractivity contribution < 1.29 is 14.3 Å². The number of benzene rings is 3. The average molecular weight is 639 g/mol. The standard InChI is InChI=1S/C28H29Cl2IN2O3/c1-28(2,3)32-27(35)25(15-19-7-5-4-6-8-19)33(17-20-9-10-21(29)16-24(20)30)26(34)18-36-23-13-11-22(31)12-14-23/h4-14,16,25H,15,17-18H2,1-3H3,(H,32,35). The molecule has 0 heterocycles. The van der Waals surface area contributed by atoms with Gasteiger partial charge in [0.1, 0.15) is 11.8 Å². The largest absolute Gasteiger partial charge is 0.484 e. The van der Waals surface area contributed by atoms with Crippen molar-refractivity contribution in [3.05, 3.63) is 97.5 Å². The van der Waals surface area contributed by atoms with Crippen LogP contribution in [-0.2, 0) is 22.6 Å². The van der Waals surface area contributed by atoms with Gasteiger partial charge in [-0.2, -0.15) is 0 Å². The summed E-state index contributed by atoms with van der Waals surface area (Å²) >= 11 is 14.8. The highest BCUT2D eigenvalue weighted by Crippen LogP contribution is 2.24. The highest BCUT2D eigenvalue weighted by atomic mass is 127. The molecule has 3 aromatic carbocycles. The van der Waals surface area contributed by atoms with Crippen molar-refractivity contribution in [2.75, 3.05) is 6.61 Å². The maximum atomic E-state index is 13.6. The topological polar surface area (TPSA) is 58.6 Å². The fourth-order valence-corrected chi connectivity index (χ4v) is 4.43. The Morgan fingerprint density at radius 1 is 1.00 bits per heavy atom. The quantitative estimate of drug-likeness (QED) is 0.271. The van der Waals surface area contributed by atoms with E-state index in [-0.39, 0.29) is 25.0 Å². The van der Waals surface area contributed by atoms with Crippen molar-refractivity contribution in [2.45, 2.75) is 45.3 Å². The van der Waals surface area contributed by atoms with Gasteiger partial charge < -0.3 is 15.0 Å². The Balaban J connectivity index is 1.95. The van der Waals surface area contributed by atoms with Crippen LogP contribution in [0.4, 0.5) is 0 Å².